The topological polar surface area (TPSA) is 35.8 Å². The van der Waals surface area contributed by atoms with Gasteiger partial charge in [-0.25, -0.2) is 0 Å². The van der Waals surface area contributed by atoms with E-state index in [4.69, 9.17) is 5.26 Å². The summed E-state index contributed by atoms with van der Waals surface area (Å²) >= 11 is 0. The largest absolute Gasteiger partial charge is 0.312 e. The fraction of sp³-hybridized carbons (Fsp3) is 0.562. The lowest BCUT2D eigenvalue weighted by Gasteiger charge is -2.26. The van der Waals surface area contributed by atoms with Crippen molar-refractivity contribution in [2.24, 2.45) is 0 Å². The molecule has 18 heavy (non-hydrogen) atoms. The van der Waals surface area contributed by atoms with E-state index in [2.05, 4.69) is 55.6 Å². The molecule has 0 radical (unpaired) electrons. The summed E-state index contributed by atoms with van der Waals surface area (Å²) in [5.74, 6) is 0. The molecule has 1 aromatic carbocycles. The molecule has 0 saturated heterocycles. The highest BCUT2D eigenvalue weighted by molar-refractivity contribution is 5.15. The zero-order valence-corrected chi connectivity index (χ0v) is 11.6. The second-order valence-corrected chi connectivity index (χ2v) is 5.41. The Labute approximate surface area is 111 Å². The highest BCUT2D eigenvalue weighted by Crippen LogP contribution is 2.13. The van der Waals surface area contributed by atoms with Gasteiger partial charge in [-0.05, 0) is 51.6 Å². The molecular formula is C16H24N2. The van der Waals surface area contributed by atoms with Crippen molar-refractivity contribution in [1.82, 2.24) is 5.32 Å². The summed E-state index contributed by atoms with van der Waals surface area (Å²) in [7, 11) is 0. The van der Waals surface area contributed by atoms with Crippen LogP contribution in [-0.2, 0) is 6.42 Å². The van der Waals surface area contributed by atoms with E-state index in [0.717, 1.165) is 32.2 Å². The van der Waals surface area contributed by atoms with Crippen LogP contribution in [0.4, 0.5) is 0 Å². The van der Waals surface area contributed by atoms with Gasteiger partial charge in [0.15, 0.2) is 0 Å². The molecule has 2 heteroatoms. The summed E-state index contributed by atoms with van der Waals surface area (Å²) in [5, 5.41) is 12.0. The predicted octanol–water partition coefficient (Wildman–Crippen LogP) is 3.68. The van der Waals surface area contributed by atoms with E-state index < -0.39 is 0 Å². The highest BCUT2D eigenvalue weighted by atomic mass is 14.9. The van der Waals surface area contributed by atoms with E-state index >= 15 is 0 Å². The number of nitrogens with one attached hydrogen (secondary N) is 1. The number of rotatable bonds is 8. The van der Waals surface area contributed by atoms with Crippen molar-refractivity contribution in [1.29, 1.82) is 5.26 Å². The minimum atomic E-state index is 0.169. The number of benzene rings is 1. The van der Waals surface area contributed by atoms with Crippen LogP contribution >= 0.6 is 0 Å². The van der Waals surface area contributed by atoms with Gasteiger partial charge in [-0.3, -0.25) is 0 Å². The van der Waals surface area contributed by atoms with Crippen molar-refractivity contribution < 1.29 is 0 Å². The Morgan fingerprint density at radius 1 is 1.17 bits per heavy atom. The normalized spacial score (nSPS) is 11.2. The van der Waals surface area contributed by atoms with E-state index in [1.807, 2.05) is 0 Å². The molecule has 0 atom stereocenters. The first kappa shape index (κ1) is 14.7. The molecule has 1 rings (SSSR count). The van der Waals surface area contributed by atoms with Crippen LogP contribution < -0.4 is 5.32 Å². The smallest absolute Gasteiger partial charge is 0.0621 e. The average Bonchev–Trinajstić information content (AvgIpc) is 2.38. The van der Waals surface area contributed by atoms with E-state index in [1.165, 1.54) is 5.56 Å². The maximum absolute atomic E-state index is 8.47. The Kier molecular flexibility index (Phi) is 6.46. The van der Waals surface area contributed by atoms with Gasteiger partial charge in [0.05, 0.1) is 6.07 Å². The highest BCUT2D eigenvalue weighted by Gasteiger charge is 2.15. The molecule has 0 aromatic heterocycles. The number of hydrogen-bond acceptors (Lipinski definition) is 2. The SMILES string of the molecule is CC(C)(CCc1ccccc1)NCCCCC#N. The molecular weight excluding hydrogens is 220 g/mol. The van der Waals surface area contributed by atoms with Gasteiger partial charge in [-0.15, -0.1) is 0 Å². The average molecular weight is 244 g/mol. The van der Waals surface area contributed by atoms with Gasteiger partial charge in [0.25, 0.3) is 0 Å². The molecule has 0 unspecified atom stereocenters. The molecule has 0 aliphatic carbocycles. The van der Waals surface area contributed by atoms with Crippen molar-refractivity contribution in [3.05, 3.63) is 35.9 Å². The third kappa shape index (κ3) is 6.42. The van der Waals surface area contributed by atoms with Crippen LogP contribution in [0.2, 0.25) is 0 Å². The Bertz CT molecular complexity index is 362. The van der Waals surface area contributed by atoms with Crippen LogP contribution in [0.15, 0.2) is 30.3 Å². The van der Waals surface area contributed by atoms with Crippen LogP contribution in [0.1, 0.15) is 45.1 Å². The number of nitriles is 1. The van der Waals surface area contributed by atoms with Crippen molar-refractivity contribution >= 4 is 0 Å². The fourth-order valence-electron chi connectivity index (χ4n) is 1.95. The number of unbranched alkanes of at least 4 members (excludes halogenated alkanes) is 2. The monoisotopic (exact) mass is 244 g/mol. The lowest BCUT2D eigenvalue weighted by molar-refractivity contribution is 0.359. The zero-order chi connectivity index (χ0) is 13.3. The standard InChI is InChI=1S/C16H24N2/c1-16(2,18-14-8-4-7-13-17)12-11-15-9-5-3-6-10-15/h3,5-6,9-10,18H,4,7-8,11-12,14H2,1-2H3. The quantitative estimate of drug-likeness (QED) is 0.708. The Morgan fingerprint density at radius 2 is 1.89 bits per heavy atom. The van der Waals surface area contributed by atoms with Crippen molar-refractivity contribution in [3.8, 4) is 6.07 Å². The third-order valence-corrected chi connectivity index (χ3v) is 3.20. The third-order valence-electron chi connectivity index (χ3n) is 3.20. The van der Waals surface area contributed by atoms with Crippen molar-refractivity contribution in [2.75, 3.05) is 6.54 Å². The number of hydrogen-bond donors (Lipinski definition) is 1. The molecule has 0 amide bonds. The van der Waals surface area contributed by atoms with Crippen LogP contribution in [0.3, 0.4) is 0 Å². The van der Waals surface area contributed by atoms with Gasteiger partial charge in [0, 0.05) is 12.0 Å². The first-order valence-electron chi connectivity index (χ1n) is 6.80. The lowest BCUT2D eigenvalue weighted by Crippen LogP contribution is -2.40. The molecule has 0 fully saturated rings. The molecule has 0 spiro atoms. The Hall–Kier alpha value is -1.33. The number of aryl methyl sites for hydroxylation is 1. The van der Waals surface area contributed by atoms with Crippen LogP contribution in [0.25, 0.3) is 0 Å². The minimum absolute atomic E-state index is 0.169. The second-order valence-electron chi connectivity index (χ2n) is 5.41. The maximum Gasteiger partial charge on any atom is 0.0621 e. The molecule has 2 nitrogen and oxygen atoms in total. The second kappa shape index (κ2) is 7.89. The Morgan fingerprint density at radius 3 is 2.56 bits per heavy atom. The van der Waals surface area contributed by atoms with Gasteiger partial charge < -0.3 is 5.32 Å². The molecule has 0 heterocycles. The molecule has 0 bridgehead atoms. The summed E-state index contributed by atoms with van der Waals surface area (Å²) in [6.07, 6.45) is 5.00. The van der Waals surface area contributed by atoms with E-state index in [9.17, 15) is 0 Å². The van der Waals surface area contributed by atoms with Gasteiger partial charge in [-0.1, -0.05) is 30.3 Å². The van der Waals surface area contributed by atoms with Crippen LogP contribution in [0.5, 0.6) is 0 Å². The molecule has 0 saturated carbocycles. The van der Waals surface area contributed by atoms with Crippen molar-refractivity contribution in [2.45, 2.75) is 51.5 Å². The van der Waals surface area contributed by atoms with Crippen LogP contribution in [-0.4, -0.2) is 12.1 Å². The molecule has 1 aromatic rings. The van der Waals surface area contributed by atoms with E-state index in [-0.39, 0.29) is 5.54 Å². The number of nitrogens with zero attached hydrogens (tertiary/aromatic N) is 1. The Balaban J connectivity index is 2.21. The zero-order valence-electron chi connectivity index (χ0n) is 11.6. The minimum Gasteiger partial charge on any atom is -0.312 e. The predicted molar refractivity (Wildman–Crippen MR) is 76.3 cm³/mol. The van der Waals surface area contributed by atoms with Crippen molar-refractivity contribution in [3.63, 3.8) is 0 Å². The van der Waals surface area contributed by atoms with Gasteiger partial charge in [0.1, 0.15) is 0 Å². The summed E-state index contributed by atoms with van der Waals surface area (Å²) in [6.45, 7) is 5.50. The van der Waals surface area contributed by atoms with Gasteiger partial charge in [-0.2, -0.15) is 5.26 Å². The van der Waals surface area contributed by atoms with Gasteiger partial charge >= 0.3 is 0 Å². The first-order valence-corrected chi connectivity index (χ1v) is 6.80. The van der Waals surface area contributed by atoms with Crippen LogP contribution in [0, 0.1) is 11.3 Å². The molecule has 1 N–H and O–H groups in total. The molecule has 0 aliphatic rings. The summed E-state index contributed by atoms with van der Waals surface area (Å²) < 4.78 is 0. The maximum atomic E-state index is 8.47. The summed E-state index contributed by atoms with van der Waals surface area (Å²) in [4.78, 5) is 0. The summed E-state index contributed by atoms with van der Waals surface area (Å²) in [6, 6.07) is 12.8. The first-order chi connectivity index (χ1) is 8.64. The van der Waals surface area contributed by atoms with Gasteiger partial charge in [0.2, 0.25) is 0 Å². The molecule has 98 valence electrons. The molecule has 0 aliphatic heterocycles. The lowest BCUT2D eigenvalue weighted by atomic mass is 9.95. The fourth-order valence-corrected chi connectivity index (χ4v) is 1.95. The van der Waals surface area contributed by atoms with E-state index in [1.54, 1.807) is 0 Å². The summed E-state index contributed by atoms with van der Waals surface area (Å²) in [5.41, 5.74) is 1.57. The van der Waals surface area contributed by atoms with E-state index in [0.29, 0.717) is 6.42 Å².